The number of carbonyl (C=O) groups excluding carboxylic acids is 2. The number of benzene rings is 3. The number of anilines is 1. The van der Waals surface area contributed by atoms with Crippen LogP contribution in [-0.2, 0) is 26.2 Å². The summed E-state index contributed by atoms with van der Waals surface area (Å²) in [6.45, 7) is 3.01. The number of hydrogen-bond acceptors (Lipinski definition) is 4. The predicted molar refractivity (Wildman–Crippen MR) is 164 cm³/mol. The molecule has 4 rings (SSSR count). The molecule has 3 aromatic carbocycles. The molecule has 0 radical (unpaired) electrons. The van der Waals surface area contributed by atoms with Crippen molar-refractivity contribution in [3.05, 3.63) is 93.7 Å². The Hall–Kier alpha value is -3.14. The van der Waals surface area contributed by atoms with E-state index in [-0.39, 0.29) is 29.1 Å². The first kappa shape index (κ1) is 31.8. The van der Waals surface area contributed by atoms with Gasteiger partial charge in [0.25, 0.3) is 10.0 Å². The van der Waals surface area contributed by atoms with E-state index >= 15 is 0 Å². The molecular weight excluding hydrogens is 600 g/mol. The maximum absolute atomic E-state index is 14.1. The average Bonchev–Trinajstić information content (AvgIpc) is 3.47. The minimum absolute atomic E-state index is 0.00580. The Morgan fingerprint density at radius 2 is 1.62 bits per heavy atom. The standard InChI is InChI=1S/C31H34Cl2FN3O4S/c1-3-29(31(39)35-24-6-4-5-7-24)36(19-22-10-17-27(32)28(33)18-22)30(38)20-37(25-13-11-23(34)12-14-25)42(40,41)26-15-8-21(2)9-16-26/h8-18,24,29H,3-7,19-20H2,1-2H3,(H,35,39)/t29-/m0/s1. The van der Waals surface area contributed by atoms with E-state index in [1.54, 1.807) is 37.3 Å². The fourth-order valence-electron chi connectivity index (χ4n) is 5.10. The zero-order valence-electron chi connectivity index (χ0n) is 23.5. The maximum Gasteiger partial charge on any atom is 0.264 e. The summed E-state index contributed by atoms with van der Waals surface area (Å²) < 4.78 is 42.5. The summed E-state index contributed by atoms with van der Waals surface area (Å²) in [5, 5.41) is 3.71. The lowest BCUT2D eigenvalue weighted by Gasteiger charge is -2.34. The van der Waals surface area contributed by atoms with Gasteiger partial charge in [-0.3, -0.25) is 13.9 Å². The highest BCUT2D eigenvalue weighted by Gasteiger charge is 2.34. The van der Waals surface area contributed by atoms with Crippen molar-refractivity contribution in [2.45, 2.75) is 69.5 Å². The molecule has 0 heterocycles. The fraction of sp³-hybridized carbons (Fsp3) is 0.355. The highest BCUT2D eigenvalue weighted by molar-refractivity contribution is 7.92. The van der Waals surface area contributed by atoms with E-state index in [9.17, 15) is 22.4 Å². The van der Waals surface area contributed by atoms with Gasteiger partial charge in [0.05, 0.1) is 20.6 Å². The van der Waals surface area contributed by atoms with E-state index in [2.05, 4.69) is 5.32 Å². The number of carbonyl (C=O) groups is 2. The van der Waals surface area contributed by atoms with Gasteiger partial charge in [0, 0.05) is 12.6 Å². The molecule has 1 fully saturated rings. The van der Waals surface area contributed by atoms with Crippen LogP contribution < -0.4 is 9.62 Å². The molecule has 0 spiro atoms. The van der Waals surface area contributed by atoms with Gasteiger partial charge in [-0.2, -0.15) is 0 Å². The van der Waals surface area contributed by atoms with Crippen molar-refractivity contribution in [1.82, 2.24) is 10.2 Å². The van der Waals surface area contributed by atoms with Crippen LogP contribution >= 0.6 is 23.2 Å². The third kappa shape index (κ3) is 7.62. The third-order valence-corrected chi connectivity index (χ3v) is 9.95. The van der Waals surface area contributed by atoms with E-state index in [0.717, 1.165) is 47.7 Å². The van der Waals surface area contributed by atoms with Crippen LogP contribution in [0.1, 0.15) is 50.2 Å². The topological polar surface area (TPSA) is 86.8 Å². The molecule has 1 atom stereocenters. The summed E-state index contributed by atoms with van der Waals surface area (Å²) >= 11 is 12.4. The second kappa shape index (κ2) is 13.9. The summed E-state index contributed by atoms with van der Waals surface area (Å²) in [6, 6.07) is 15.2. The summed E-state index contributed by atoms with van der Waals surface area (Å²) in [7, 11) is -4.24. The highest BCUT2D eigenvalue weighted by Crippen LogP contribution is 2.27. The van der Waals surface area contributed by atoms with E-state index in [4.69, 9.17) is 23.2 Å². The number of amides is 2. The first-order valence-corrected chi connectivity index (χ1v) is 16.1. The SMILES string of the molecule is CC[C@@H](C(=O)NC1CCCC1)N(Cc1ccc(Cl)c(Cl)c1)C(=O)CN(c1ccc(F)cc1)S(=O)(=O)c1ccc(C)cc1. The van der Waals surface area contributed by atoms with Crippen molar-refractivity contribution in [2.24, 2.45) is 0 Å². The molecule has 2 amide bonds. The first-order chi connectivity index (χ1) is 20.0. The Morgan fingerprint density at radius 3 is 2.21 bits per heavy atom. The summed E-state index contributed by atoms with van der Waals surface area (Å²) in [6.07, 6.45) is 4.09. The van der Waals surface area contributed by atoms with E-state index in [1.807, 2.05) is 6.92 Å². The molecule has 224 valence electrons. The van der Waals surface area contributed by atoms with E-state index < -0.39 is 34.3 Å². The second-order valence-electron chi connectivity index (χ2n) is 10.5. The molecular formula is C31H34Cl2FN3O4S. The predicted octanol–water partition coefficient (Wildman–Crippen LogP) is 6.50. The van der Waals surface area contributed by atoms with Gasteiger partial charge in [-0.15, -0.1) is 0 Å². The van der Waals surface area contributed by atoms with Gasteiger partial charge in [0.2, 0.25) is 11.8 Å². The molecule has 1 aliphatic carbocycles. The lowest BCUT2D eigenvalue weighted by Crippen LogP contribution is -2.53. The maximum atomic E-state index is 14.1. The van der Waals surface area contributed by atoms with Crippen LogP contribution in [0.4, 0.5) is 10.1 Å². The van der Waals surface area contributed by atoms with Crippen LogP contribution in [-0.4, -0.2) is 43.8 Å². The van der Waals surface area contributed by atoms with Gasteiger partial charge in [-0.05, 0) is 80.3 Å². The van der Waals surface area contributed by atoms with Crippen LogP contribution in [0.15, 0.2) is 71.6 Å². The van der Waals surface area contributed by atoms with E-state index in [0.29, 0.717) is 22.0 Å². The lowest BCUT2D eigenvalue weighted by atomic mass is 10.1. The number of aryl methyl sites for hydroxylation is 1. The average molecular weight is 635 g/mol. The monoisotopic (exact) mass is 633 g/mol. The number of hydrogen-bond donors (Lipinski definition) is 1. The zero-order valence-corrected chi connectivity index (χ0v) is 25.9. The van der Waals surface area contributed by atoms with Crippen LogP contribution in [0.2, 0.25) is 10.0 Å². The number of rotatable bonds is 11. The van der Waals surface area contributed by atoms with Crippen molar-refractivity contribution in [1.29, 1.82) is 0 Å². The Morgan fingerprint density at radius 1 is 0.976 bits per heavy atom. The number of nitrogens with zero attached hydrogens (tertiary/aromatic N) is 2. The quantitative estimate of drug-likeness (QED) is 0.261. The number of sulfonamides is 1. The number of halogens is 3. The number of nitrogens with one attached hydrogen (secondary N) is 1. The minimum Gasteiger partial charge on any atom is -0.352 e. The molecule has 7 nitrogen and oxygen atoms in total. The molecule has 1 saturated carbocycles. The van der Waals surface area contributed by atoms with Crippen molar-refractivity contribution in [2.75, 3.05) is 10.8 Å². The second-order valence-corrected chi connectivity index (χ2v) is 13.2. The minimum atomic E-state index is -4.24. The fourth-order valence-corrected chi connectivity index (χ4v) is 6.83. The van der Waals surface area contributed by atoms with Gasteiger partial charge >= 0.3 is 0 Å². The molecule has 0 unspecified atom stereocenters. The van der Waals surface area contributed by atoms with Gasteiger partial charge in [-0.25, -0.2) is 12.8 Å². The normalized spacial score (nSPS) is 14.4. The van der Waals surface area contributed by atoms with Crippen LogP contribution in [0, 0.1) is 12.7 Å². The Labute approximate surface area is 256 Å². The third-order valence-electron chi connectivity index (χ3n) is 7.43. The van der Waals surface area contributed by atoms with Gasteiger partial charge < -0.3 is 10.2 Å². The Balaban J connectivity index is 1.72. The molecule has 0 bridgehead atoms. The van der Waals surface area contributed by atoms with Crippen molar-refractivity contribution in [3.63, 3.8) is 0 Å². The summed E-state index contributed by atoms with van der Waals surface area (Å²) in [5.74, 6) is -1.45. The molecule has 11 heteroatoms. The zero-order chi connectivity index (χ0) is 30.4. The molecule has 1 N–H and O–H groups in total. The van der Waals surface area contributed by atoms with Gasteiger partial charge in [0.15, 0.2) is 0 Å². The van der Waals surface area contributed by atoms with Gasteiger partial charge in [-0.1, -0.05) is 66.7 Å². The molecule has 0 aliphatic heterocycles. The smallest absolute Gasteiger partial charge is 0.264 e. The van der Waals surface area contributed by atoms with Crippen LogP contribution in [0.5, 0.6) is 0 Å². The lowest BCUT2D eigenvalue weighted by molar-refractivity contribution is -0.140. The summed E-state index contributed by atoms with van der Waals surface area (Å²) in [4.78, 5) is 29.0. The summed E-state index contributed by atoms with van der Waals surface area (Å²) in [5.41, 5.74) is 1.60. The van der Waals surface area contributed by atoms with Gasteiger partial charge in [0.1, 0.15) is 18.4 Å². The Bertz CT molecular complexity index is 1510. The molecule has 42 heavy (non-hydrogen) atoms. The van der Waals surface area contributed by atoms with Crippen molar-refractivity contribution < 1.29 is 22.4 Å². The van der Waals surface area contributed by atoms with Crippen LogP contribution in [0.3, 0.4) is 0 Å². The Kier molecular flexibility index (Phi) is 10.5. The first-order valence-electron chi connectivity index (χ1n) is 13.9. The molecule has 0 aromatic heterocycles. The van der Waals surface area contributed by atoms with Crippen LogP contribution in [0.25, 0.3) is 0 Å². The van der Waals surface area contributed by atoms with Crippen molar-refractivity contribution >= 4 is 50.7 Å². The molecule has 3 aromatic rings. The van der Waals surface area contributed by atoms with Crippen molar-refractivity contribution in [3.8, 4) is 0 Å². The largest absolute Gasteiger partial charge is 0.352 e. The van der Waals surface area contributed by atoms with E-state index in [1.165, 1.54) is 29.2 Å². The molecule has 0 saturated heterocycles. The highest BCUT2D eigenvalue weighted by atomic mass is 35.5. The molecule has 1 aliphatic rings.